The Morgan fingerprint density at radius 3 is 2.03 bits per heavy atom. The van der Waals surface area contributed by atoms with E-state index >= 15 is 0 Å². The molecule has 0 saturated heterocycles. The number of aryl methyl sites for hydroxylation is 1. The molecule has 0 spiro atoms. The van der Waals surface area contributed by atoms with Crippen molar-refractivity contribution in [3.63, 3.8) is 0 Å². The third-order valence-electron chi connectivity index (χ3n) is 5.85. The first-order valence-corrected chi connectivity index (χ1v) is 12.2. The van der Waals surface area contributed by atoms with Gasteiger partial charge < -0.3 is 34.5 Å². The number of carbonyl (C=O) groups is 2. The first-order valence-electron chi connectivity index (χ1n) is 12.2. The number of aliphatic carboxylic acids is 1. The van der Waals surface area contributed by atoms with E-state index in [4.69, 9.17) is 18.9 Å². The van der Waals surface area contributed by atoms with Crippen molar-refractivity contribution >= 4 is 12.1 Å². The van der Waals surface area contributed by atoms with E-state index in [1.165, 1.54) is 21.3 Å². The molecule has 2 rings (SSSR count). The monoisotopic (exact) mass is 517 g/mol. The van der Waals surface area contributed by atoms with Crippen LogP contribution < -0.4 is 19.5 Å². The molecule has 0 aliphatic heterocycles. The zero-order chi connectivity index (χ0) is 27.6. The van der Waals surface area contributed by atoms with Crippen LogP contribution in [0.15, 0.2) is 42.5 Å². The molecule has 0 aromatic heterocycles. The third-order valence-corrected chi connectivity index (χ3v) is 5.85. The van der Waals surface area contributed by atoms with Gasteiger partial charge in [0.15, 0.2) is 11.5 Å². The second-order valence-electron chi connectivity index (χ2n) is 9.85. The number of ether oxygens (including phenoxy) is 4. The molecule has 1 amide bonds. The minimum Gasteiger partial charge on any atom is -0.493 e. The smallest absolute Gasteiger partial charge is 0.407 e. The zero-order valence-electron chi connectivity index (χ0n) is 22.4. The van der Waals surface area contributed by atoms with Crippen molar-refractivity contribution in [2.45, 2.75) is 64.2 Å². The van der Waals surface area contributed by atoms with Gasteiger partial charge in [0.05, 0.1) is 39.4 Å². The molecule has 3 N–H and O–H groups in total. The molecular formula is C28H39NO8. The first kappa shape index (κ1) is 29.8. The topological polar surface area (TPSA) is 124 Å². The summed E-state index contributed by atoms with van der Waals surface area (Å²) < 4.78 is 21.5. The quantitative estimate of drug-likeness (QED) is 0.361. The SMILES string of the molecule is COc1cc(CCC(CC(O)C(Cc2ccccc2)NC(=O)OC(C)(C)C)C(=O)O)cc(OC)c1OC. The summed E-state index contributed by atoms with van der Waals surface area (Å²) in [5, 5.41) is 23.7. The lowest BCUT2D eigenvalue weighted by molar-refractivity contribution is -0.143. The summed E-state index contributed by atoms with van der Waals surface area (Å²) in [7, 11) is 4.54. The molecule has 0 bridgehead atoms. The Hall–Kier alpha value is -3.46. The molecule has 2 aromatic carbocycles. The molecule has 9 heteroatoms. The predicted octanol–water partition coefficient (Wildman–Crippen LogP) is 4.23. The van der Waals surface area contributed by atoms with Crippen molar-refractivity contribution in [1.82, 2.24) is 5.32 Å². The van der Waals surface area contributed by atoms with Gasteiger partial charge in [-0.3, -0.25) is 4.79 Å². The van der Waals surface area contributed by atoms with Gasteiger partial charge >= 0.3 is 12.1 Å². The minimum atomic E-state index is -1.12. The normalized spacial score (nSPS) is 13.7. The second-order valence-corrected chi connectivity index (χ2v) is 9.85. The van der Waals surface area contributed by atoms with E-state index in [9.17, 15) is 19.8 Å². The number of aliphatic hydroxyl groups excluding tert-OH is 1. The summed E-state index contributed by atoms with van der Waals surface area (Å²) in [5.74, 6) is -0.465. The van der Waals surface area contributed by atoms with Gasteiger partial charge in [0.2, 0.25) is 5.75 Å². The van der Waals surface area contributed by atoms with Crippen molar-refractivity contribution in [2.24, 2.45) is 5.92 Å². The van der Waals surface area contributed by atoms with Crippen LogP contribution in [0.25, 0.3) is 0 Å². The Labute approximate surface area is 218 Å². The van der Waals surface area contributed by atoms with Gasteiger partial charge in [0.1, 0.15) is 5.60 Å². The number of carboxylic acid groups (broad SMARTS) is 1. The third kappa shape index (κ3) is 9.49. The number of methoxy groups -OCH3 is 3. The standard InChI is InChI=1S/C28H39NO8/c1-28(2,3)37-27(33)29-21(14-18-10-8-7-9-11-18)22(30)17-20(26(31)32)13-12-19-15-23(34-4)25(36-6)24(16-19)35-5/h7-11,15-16,20-22,30H,12-14,17H2,1-6H3,(H,29,33)(H,31,32). The number of hydrogen-bond donors (Lipinski definition) is 3. The molecule has 9 nitrogen and oxygen atoms in total. The Balaban J connectivity index is 2.17. The largest absolute Gasteiger partial charge is 0.493 e. The van der Waals surface area contributed by atoms with Gasteiger partial charge in [-0.15, -0.1) is 0 Å². The molecule has 3 unspecified atom stereocenters. The molecule has 3 atom stereocenters. The molecule has 37 heavy (non-hydrogen) atoms. The lowest BCUT2D eigenvalue weighted by atomic mass is 9.89. The average Bonchev–Trinajstić information content (AvgIpc) is 2.84. The second kappa shape index (κ2) is 13.7. The van der Waals surface area contributed by atoms with Gasteiger partial charge in [0.25, 0.3) is 0 Å². The van der Waals surface area contributed by atoms with Crippen LogP contribution in [0.1, 0.15) is 44.7 Å². The van der Waals surface area contributed by atoms with E-state index in [1.54, 1.807) is 32.9 Å². The van der Waals surface area contributed by atoms with Gasteiger partial charge in [-0.2, -0.15) is 0 Å². The van der Waals surface area contributed by atoms with Crippen molar-refractivity contribution in [1.29, 1.82) is 0 Å². The number of carbonyl (C=O) groups excluding carboxylic acids is 1. The fourth-order valence-corrected chi connectivity index (χ4v) is 4.03. The number of hydrogen-bond acceptors (Lipinski definition) is 7. The maximum atomic E-state index is 12.5. The van der Waals surface area contributed by atoms with E-state index in [1.807, 2.05) is 30.3 Å². The molecule has 0 radical (unpaired) electrons. The summed E-state index contributed by atoms with van der Waals surface area (Å²) >= 11 is 0. The van der Waals surface area contributed by atoms with E-state index in [2.05, 4.69) is 5.32 Å². The summed E-state index contributed by atoms with van der Waals surface area (Å²) in [6.07, 6.45) is -0.850. The van der Waals surface area contributed by atoms with Crippen LogP contribution in [0.3, 0.4) is 0 Å². The molecule has 0 fully saturated rings. The number of aliphatic hydroxyl groups is 1. The van der Waals surface area contributed by atoms with E-state index < -0.39 is 35.7 Å². The van der Waals surface area contributed by atoms with Gasteiger partial charge in [-0.05, 0) is 69.7 Å². The van der Waals surface area contributed by atoms with E-state index in [0.29, 0.717) is 30.1 Å². The molecule has 0 heterocycles. The Morgan fingerprint density at radius 1 is 0.946 bits per heavy atom. The van der Waals surface area contributed by atoms with E-state index in [-0.39, 0.29) is 12.8 Å². The number of benzene rings is 2. The number of amides is 1. The number of alkyl carbamates (subject to hydrolysis) is 1. The van der Waals surface area contributed by atoms with Crippen LogP contribution in [0, 0.1) is 5.92 Å². The van der Waals surface area contributed by atoms with Gasteiger partial charge in [-0.1, -0.05) is 30.3 Å². The first-order chi connectivity index (χ1) is 17.5. The maximum Gasteiger partial charge on any atom is 0.407 e. The number of nitrogens with one attached hydrogen (secondary N) is 1. The van der Waals surface area contributed by atoms with Crippen LogP contribution in [-0.4, -0.2) is 61.4 Å². The minimum absolute atomic E-state index is 0.0486. The molecular weight excluding hydrogens is 478 g/mol. The highest BCUT2D eigenvalue weighted by atomic mass is 16.6. The highest BCUT2D eigenvalue weighted by Gasteiger charge is 2.30. The highest BCUT2D eigenvalue weighted by molar-refractivity contribution is 5.70. The molecule has 0 saturated carbocycles. The Kier molecular flexibility index (Phi) is 11.1. The summed E-state index contributed by atoms with van der Waals surface area (Å²) in [6, 6.07) is 12.2. The fourth-order valence-electron chi connectivity index (χ4n) is 4.03. The van der Waals surface area contributed by atoms with Crippen molar-refractivity contribution in [2.75, 3.05) is 21.3 Å². The van der Waals surface area contributed by atoms with Gasteiger partial charge in [0, 0.05) is 0 Å². The summed E-state index contributed by atoms with van der Waals surface area (Å²) in [4.78, 5) is 24.6. The predicted molar refractivity (Wildman–Crippen MR) is 139 cm³/mol. The Morgan fingerprint density at radius 2 is 1.54 bits per heavy atom. The molecule has 204 valence electrons. The number of rotatable bonds is 13. The van der Waals surface area contributed by atoms with Crippen molar-refractivity contribution < 1.29 is 38.7 Å². The lowest BCUT2D eigenvalue weighted by Crippen LogP contribution is -2.47. The lowest BCUT2D eigenvalue weighted by Gasteiger charge is -2.28. The molecule has 0 aliphatic carbocycles. The van der Waals surface area contributed by atoms with Crippen LogP contribution >= 0.6 is 0 Å². The van der Waals surface area contributed by atoms with Crippen LogP contribution in [-0.2, 0) is 22.4 Å². The zero-order valence-corrected chi connectivity index (χ0v) is 22.4. The van der Waals surface area contributed by atoms with Crippen molar-refractivity contribution in [3.8, 4) is 17.2 Å². The maximum absolute atomic E-state index is 12.5. The van der Waals surface area contributed by atoms with Crippen LogP contribution in [0.2, 0.25) is 0 Å². The highest BCUT2D eigenvalue weighted by Crippen LogP contribution is 2.38. The molecule has 2 aromatic rings. The average molecular weight is 518 g/mol. The Bertz CT molecular complexity index is 994. The summed E-state index contributed by atoms with van der Waals surface area (Å²) in [6.45, 7) is 5.25. The molecule has 0 aliphatic rings. The summed E-state index contributed by atoms with van der Waals surface area (Å²) in [5.41, 5.74) is 0.992. The van der Waals surface area contributed by atoms with E-state index in [0.717, 1.165) is 11.1 Å². The van der Waals surface area contributed by atoms with Crippen molar-refractivity contribution in [3.05, 3.63) is 53.6 Å². The van der Waals surface area contributed by atoms with Gasteiger partial charge in [-0.25, -0.2) is 4.79 Å². The number of carboxylic acids is 1. The fraction of sp³-hybridized carbons (Fsp3) is 0.500. The van der Waals surface area contributed by atoms with Crippen LogP contribution in [0.4, 0.5) is 4.79 Å². The van der Waals surface area contributed by atoms with Crippen LogP contribution in [0.5, 0.6) is 17.2 Å².